The largest absolute Gasteiger partial charge is 0.481 e. The second-order valence-electron chi connectivity index (χ2n) is 3.83. The van der Waals surface area contributed by atoms with Crippen molar-refractivity contribution in [2.24, 2.45) is 5.92 Å². The molecule has 0 amide bonds. The highest BCUT2D eigenvalue weighted by Gasteiger charge is 2.12. The molecule has 2 aromatic rings. The summed E-state index contributed by atoms with van der Waals surface area (Å²) in [7, 11) is 0. The lowest BCUT2D eigenvalue weighted by Gasteiger charge is -2.02. The van der Waals surface area contributed by atoms with Crippen molar-refractivity contribution in [3.8, 4) is 0 Å². The third kappa shape index (κ3) is 2.01. The number of hydrogen-bond acceptors (Lipinski definition) is 1. The molecule has 0 fully saturated rings. The predicted octanol–water partition coefficient (Wildman–Crippen LogP) is 2.43. The maximum atomic E-state index is 10.7. The number of carbonyl (C=O) groups is 1. The van der Waals surface area contributed by atoms with Crippen LogP contribution in [0.5, 0.6) is 0 Å². The number of aromatic nitrogens is 1. The lowest BCUT2D eigenvalue weighted by molar-refractivity contribution is -0.141. The molecule has 0 saturated carbocycles. The Hall–Kier alpha value is -1.77. The number of fused-ring (bicyclic) bond motifs is 1. The topological polar surface area (TPSA) is 53.1 Å². The Bertz CT molecular complexity index is 454. The maximum absolute atomic E-state index is 10.7. The molecule has 1 atom stereocenters. The minimum Gasteiger partial charge on any atom is -0.481 e. The second kappa shape index (κ2) is 3.77. The van der Waals surface area contributed by atoms with Crippen molar-refractivity contribution in [3.63, 3.8) is 0 Å². The second-order valence-corrected chi connectivity index (χ2v) is 3.83. The zero-order chi connectivity index (χ0) is 10.8. The van der Waals surface area contributed by atoms with Gasteiger partial charge in [-0.25, -0.2) is 0 Å². The quantitative estimate of drug-likeness (QED) is 0.804. The SMILES string of the molecule is C[C@@H](Cc1cc2ccccc2[nH]1)C(=O)O. The summed E-state index contributed by atoms with van der Waals surface area (Å²) < 4.78 is 0. The van der Waals surface area contributed by atoms with Crippen molar-refractivity contribution in [2.45, 2.75) is 13.3 Å². The Morgan fingerprint density at radius 2 is 2.20 bits per heavy atom. The lowest BCUT2D eigenvalue weighted by Crippen LogP contribution is -2.12. The van der Waals surface area contributed by atoms with E-state index in [0.29, 0.717) is 6.42 Å². The van der Waals surface area contributed by atoms with Gasteiger partial charge in [-0.15, -0.1) is 0 Å². The van der Waals surface area contributed by atoms with E-state index in [0.717, 1.165) is 16.6 Å². The fourth-order valence-corrected chi connectivity index (χ4v) is 1.66. The molecule has 0 aliphatic carbocycles. The molecule has 15 heavy (non-hydrogen) atoms. The molecule has 3 nitrogen and oxygen atoms in total. The predicted molar refractivity (Wildman–Crippen MR) is 58.8 cm³/mol. The fourth-order valence-electron chi connectivity index (χ4n) is 1.66. The normalized spacial score (nSPS) is 12.9. The van der Waals surface area contributed by atoms with E-state index < -0.39 is 5.97 Å². The Morgan fingerprint density at radius 3 is 2.87 bits per heavy atom. The molecule has 1 heterocycles. The summed E-state index contributed by atoms with van der Waals surface area (Å²) in [5.74, 6) is -1.10. The molecule has 2 N–H and O–H groups in total. The van der Waals surface area contributed by atoms with Gasteiger partial charge in [0.25, 0.3) is 0 Å². The van der Waals surface area contributed by atoms with E-state index in [1.54, 1.807) is 6.92 Å². The van der Waals surface area contributed by atoms with Crippen LogP contribution in [0.15, 0.2) is 30.3 Å². The average Bonchev–Trinajstić information content (AvgIpc) is 2.59. The van der Waals surface area contributed by atoms with Crippen molar-refractivity contribution in [1.82, 2.24) is 4.98 Å². The highest BCUT2D eigenvalue weighted by atomic mass is 16.4. The van der Waals surface area contributed by atoms with Gasteiger partial charge in [0.2, 0.25) is 0 Å². The zero-order valence-electron chi connectivity index (χ0n) is 8.53. The van der Waals surface area contributed by atoms with Crippen molar-refractivity contribution in [1.29, 1.82) is 0 Å². The van der Waals surface area contributed by atoms with Crippen LogP contribution in [0, 0.1) is 5.92 Å². The smallest absolute Gasteiger partial charge is 0.306 e. The first-order valence-corrected chi connectivity index (χ1v) is 4.96. The Labute approximate surface area is 87.7 Å². The number of carboxylic acid groups (broad SMARTS) is 1. The van der Waals surface area contributed by atoms with E-state index in [4.69, 9.17) is 5.11 Å². The third-order valence-electron chi connectivity index (χ3n) is 2.53. The van der Waals surface area contributed by atoms with Gasteiger partial charge < -0.3 is 10.1 Å². The van der Waals surface area contributed by atoms with Gasteiger partial charge in [-0.05, 0) is 17.5 Å². The van der Waals surface area contributed by atoms with Crippen molar-refractivity contribution < 1.29 is 9.90 Å². The molecule has 0 unspecified atom stereocenters. The average molecular weight is 203 g/mol. The number of para-hydroxylation sites is 1. The summed E-state index contributed by atoms with van der Waals surface area (Å²) in [4.78, 5) is 13.9. The summed E-state index contributed by atoms with van der Waals surface area (Å²) in [6.45, 7) is 1.72. The summed E-state index contributed by atoms with van der Waals surface area (Å²) in [6, 6.07) is 9.95. The van der Waals surface area contributed by atoms with Crippen LogP contribution < -0.4 is 0 Å². The summed E-state index contributed by atoms with van der Waals surface area (Å²) in [5.41, 5.74) is 2.04. The van der Waals surface area contributed by atoms with Gasteiger partial charge in [-0.1, -0.05) is 25.1 Å². The first kappa shape index (κ1) is 9.77. The molecule has 0 aliphatic rings. The Balaban J connectivity index is 2.26. The molecule has 1 aromatic carbocycles. The Morgan fingerprint density at radius 1 is 1.47 bits per heavy atom. The minimum atomic E-state index is -0.756. The summed E-state index contributed by atoms with van der Waals surface area (Å²) in [5, 5.41) is 9.93. The Kier molecular flexibility index (Phi) is 2.46. The highest BCUT2D eigenvalue weighted by molar-refractivity contribution is 5.80. The van der Waals surface area contributed by atoms with E-state index in [1.165, 1.54) is 0 Å². The molecule has 0 spiro atoms. The van der Waals surface area contributed by atoms with Crippen LogP contribution in [0.25, 0.3) is 10.9 Å². The van der Waals surface area contributed by atoms with Gasteiger partial charge in [-0.2, -0.15) is 0 Å². The van der Waals surface area contributed by atoms with E-state index in [1.807, 2.05) is 30.3 Å². The summed E-state index contributed by atoms with van der Waals surface area (Å²) in [6.07, 6.45) is 0.546. The van der Waals surface area contributed by atoms with Crippen molar-refractivity contribution >= 4 is 16.9 Å². The molecule has 0 bridgehead atoms. The highest BCUT2D eigenvalue weighted by Crippen LogP contribution is 2.17. The van der Waals surface area contributed by atoms with Crippen LogP contribution in [-0.4, -0.2) is 16.1 Å². The van der Waals surface area contributed by atoms with Crippen LogP contribution in [0.1, 0.15) is 12.6 Å². The van der Waals surface area contributed by atoms with Crippen molar-refractivity contribution in [3.05, 3.63) is 36.0 Å². The lowest BCUT2D eigenvalue weighted by atomic mass is 10.1. The van der Waals surface area contributed by atoms with Crippen LogP contribution in [0.2, 0.25) is 0 Å². The fraction of sp³-hybridized carbons (Fsp3) is 0.250. The van der Waals surface area contributed by atoms with Crippen molar-refractivity contribution in [2.75, 3.05) is 0 Å². The molecular formula is C12H13NO2. The summed E-state index contributed by atoms with van der Waals surface area (Å²) >= 11 is 0. The number of nitrogens with one attached hydrogen (secondary N) is 1. The van der Waals surface area contributed by atoms with Crippen LogP contribution in [-0.2, 0) is 11.2 Å². The van der Waals surface area contributed by atoms with Gasteiger partial charge in [0, 0.05) is 17.6 Å². The van der Waals surface area contributed by atoms with E-state index in [9.17, 15) is 4.79 Å². The standard InChI is InChI=1S/C12H13NO2/c1-8(12(14)15)6-10-7-9-4-2-3-5-11(9)13-10/h2-5,7-8,13H,6H2,1H3,(H,14,15)/t8-/m0/s1. The van der Waals surface area contributed by atoms with Gasteiger partial charge in [-0.3, -0.25) is 4.79 Å². The third-order valence-corrected chi connectivity index (χ3v) is 2.53. The van der Waals surface area contributed by atoms with E-state index in [-0.39, 0.29) is 5.92 Å². The maximum Gasteiger partial charge on any atom is 0.306 e. The van der Waals surface area contributed by atoms with Gasteiger partial charge >= 0.3 is 5.97 Å². The molecule has 0 aliphatic heterocycles. The zero-order valence-corrected chi connectivity index (χ0v) is 8.53. The van der Waals surface area contributed by atoms with E-state index >= 15 is 0 Å². The first-order valence-electron chi connectivity index (χ1n) is 4.96. The molecule has 3 heteroatoms. The number of aliphatic carboxylic acids is 1. The van der Waals surface area contributed by atoms with Gasteiger partial charge in [0.15, 0.2) is 0 Å². The monoisotopic (exact) mass is 203 g/mol. The van der Waals surface area contributed by atoms with Gasteiger partial charge in [0.1, 0.15) is 0 Å². The number of aromatic amines is 1. The number of H-pyrrole nitrogens is 1. The minimum absolute atomic E-state index is 0.349. The molecule has 1 aromatic heterocycles. The number of benzene rings is 1. The number of rotatable bonds is 3. The first-order chi connectivity index (χ1) is 7.16. The number of hydrogen-bond donors (Lipinski definition) is 2. The molecule has 0 saturated heterocycles. The molecular weight excluding hydrogens is 190 g/mol. The molecule has 0 radical (unpaired) electrons. The van der Waals surface area contributed by atoms with Crippen LogP contribution in [0.4, 0.5) is 0 Å². The van der Waals surface area contributed by atoms with Crippen LogP contribution in [0.3, 0.4) is 0 Å². The van der Waals surface area contributed by atoms with Gasteiger partial charge in [0.05, 0.1) is 5.92 Å². The molecule has 2 rings (SSSR count). The number of carboxylic acids is 1. The molecule has 78 valence electrons. The van der Waals surface area contributed by atoms with E-state index in [2.05, 4.69) is 4.98 Å². The van der Waals surface area contributed by atoms with Crippen LogP contribution >= 0.6 is 0 Å².